The van der Waals surface area contributed by atoms with Gasteiger partial charge in [-0.1, -0.05) is 30.3 Å². The van der Waals surface area contributed by atoms with E-state index in [0.717, 1.165) is 5.56 Å². The highest BCUT2D eigenvalue weighted by atomic mass is 16.4. The van der Waals surface area contributed by atoms with Crippen LogP contribution >= 0.6 is 0 Å². The Labute approximate surface area is 128 Å². The fourth-order valence-corrected chi connectivity index (χ4v) is 2.86. The fourth-order valence-electron chi connectivity index (χ4n) is 2.86. The van der Waals surface area contributed by atoms with E-state index in [1.54, 1.807) is 4.90 Å². The lowest BCUT2D eigenvalue weighted by atomic mass is 9.96. The van der Waals surface area contributed by atoms with E-state index in [2.05, 4.69) is 0 Å². The maximum atomic E-state index is 10.2. The molecule has 0 aromatic heterocycles. The lowest BCUT2D eigenvalue weighted by molar-refractivity contribution is -0.114. The van der Waals surface area contributed by atoms with E-state index in [4.69, 9.17) is 5.11 Å². The normalized spacial score (nSPS) is 30.2. The summed E-state index contributed by atoms with van der Waals surface area (Å²) in [5.74, 6) is 0. The van der Waals surface area contributed by atoms with Crippen LogP contribution in [0.4, 0.5) is 0 Å². The van der Waals surface area contributed by atoms with Crippen LogP contribution in [0.15, 0.2) is 30.3 Å². The van der Waals surface area contributed by atoms with Gasteiger partial charge in [-0.05, 0) is 5.56 Å². The number of hydrogen-bond donors (Lipinski definition) is 6. The lowest BCUT2D eigenvalue weighted by Crippen LogP contribution is -2.54. The summed E-state index contributed by atoms with van der Waals surface area (Å²) in [5.41, 5.74) is 0.929. The highest BCUT2D eigenvalue weighted by Gasteiger charge is 2.46. The van der Waals surface area contributed by atoms with Crippen molar-refractivity contribution in [3.8, 4) is 0 Å². The van der Waals surface area contributed by atoms with Crippen LogP contribution in [0.3, 0.4) is 0 Å². The first-order valence-electron chi connectivity index (χ1n) is 7.25. The number of benzene rings is 1. The molecule has 124 valence electrons. The van der Waals surface area contributed by atoms with Gasteiger partial charge in [0, 0.05) is 13.1 Å². The molecule has 22 heavy (non-hydrogen) atoms. The second-order valence-electron chi connectivity index (χ2n) is 5.69. The monoisotopic (exact) mass is 313 g/mol. The summed E-state index contributed by atoms with van der Waals surface area (Å²) in [6.45, 7) is -0.194. The molecule has 0 radical (unpaired) electrons. The Bertz CT molecular complexity index is 459. The van der Waals surface area contributed by atoms with E-state index in [-0.39, 0.29) is 6.54 Å². The van der Waals surface area contributed by atoms with Crippen molar-refractivity contribution in [2.24, 2.45) is 0 Å². The molecule has 1 aromatic carbocycles. The predicted octanol–water partition coefficient (Wildman–Crippen LogP) is -2.33. The molecule has 1 saturated heterocycles. The zero-order valence-electron chi connectivity index (χ0n) is 12.1. The molecule has 6 atom stereocenters. The Morgan fingerprint density at radius 1 is 1.09 bits per heavy atom. The van der Waals surface area contributed by atoms with Gasteiger partial charge in [0.05, 0.1) is 24.9 Å². The predicted molar refractivity (Wildman–Crippen MR) is 77.8 cm³/mol. The van der Waals surface area contributed by atoms with Crippen molar-refractivity contribution in [3.05, 3.63) is 35.9 Å². The molecule has 7 heteroatoms. The quantitative estimate of drug-likeness (QED) is 0.348. The topological polar surface area (TPSA) is 125 Å². The Kier molecular flexibility index (Phi) is 5.87. The Balaban J connectivity index is 2.14. The molecule has 0 amide bonds. The van der Waals surface area contributed by atoms with E-state index in [9.17, 15) is 25.5 Å². The first-order valence-corrected chi connectivity index (χ1v) is 7.25. The van der Waals surface area contributed by atoms with Crippen LogP contribution in [0.5, 0.6) is 0 Å². The van der Waals surface area contributed by atoms with Gasteiger partial charge in [-0.15, -0.1) is 0 Å². The second-order valence-corrected chi connectivity index (χ2v) is 5.69. The van der Waals surface area contributed by atoms with E-state index in [0.29, 0.717) is 6.54 Å². The third-order valence-electron chi connectivity index (χ3n) is 4.10. The van der Waals surface area contributed by atoms with Crippen LogP contribution < -0.4 is 0 Å². The number of hydrogen-bond acceptors (Lipinski definition) is 7. The number of likely N-dealkylation sites (tertiary alicyclic amines) is 1. The summed E-state index contributed by atoms with van der Waals surface area (Å²) in [5, 5.41) is 58.3. The van der Waals surface area contributed by atoms with Gasteiger partial charge >= 0.3 is 0 Å². The van der Waals surface area contributed by atoms with Crippen molar-refractivity contribution < 1.29 is 30.6 Å². The molecule has 1 aliphatic heterocycles. The van der Waals surface area contributed by atoms with Crippen molar-refractivity contribution in [2.45, 2.75) is 43.1 Å². The summed E-state index contributed by atoms with van der Waals surface area (Å²) >= 11 is 0. The minimum absolute atomic E-state index is 0.139. The molecule has 2 unspecified atom stereocenters. The van der Waals surface area contributed by atoms with Gasteiger partial charge in [-0.2, -0.15) is 0 Å². The fraction of sp³-hybridized carbons (Fsp3) is 0.600. The highest BCUT2D eigenvalue weighted by molar-refractivity contribution is 5.15. The van der Waals surface area contributed by atoms with Crippen LogP contribution in [-0.2, 0) is 6.54 Å². The number of aliphatic hydroxyl groups is 6. The molecular weight excluding hydrogens is 290 g/mol. The smallest absolute Gasteiger partial charge is 0.110 e. The molecular formula is C15H23NO6. The van der Waals surface area contributed by atoms with Gasteiger partial charge in [0.2, 0.25) is 0 Å². The minimum atomic E-state index is -1.62. The lowest BCUT2D eigenvalue weighted by Gasteiger charge is -2.33. The van der Waals surface area contributed by atoms with Crippen LogP contribution in [-0.4, -0.2) is 85.3 Å². The average molecular weight is 313 g/mol. The summed E-state index contributed by atoms with van der Waals surface area (Å²) in [6.07, 6.45) is -6.94. The molecule has 1 heterocycles. The van der Waals surface area contributed by atoms with E-state index in [1.165, 1.54) is 0 Å². The molecule has 0 bridgehead atoms. The summed E-state index contributed by atoms with van der Waals surface area (Å²) in [7, 11) is 0. The van der Waals surface area contributed by atoms with E-state index < -0.39 is 43.2 Å². The van der Waals surface area contributed by atoms with Crippen LogP contribution in [0, 0.1) is 0 Å². The zero-order chi connectivity index (χ0) is 16.3. The summed E-state index contributed by atoms with van der Waals surface area (Å²) in [6, 6.07) is 8.39. The first kappa shape index (κ1) is 17.3. The van der Waals surface area contributed by atoms with Crippen molar-refractivity contribution in [2.75, 3.05) is 13.2 Å². The Morgan fingerprint density at radius 2 is 1.73 bits per heavy atom. The van der Waals surface area contributed by atoms with E-state index in [1.807, 2.05) is 30.3 Å². The maximum absolute atomic E-state index is 10.2. The SMILES string of the molecule is OC[C@@H](O)[C@H](O)[C@H](O)C1C(O)[C@@H](O)CN1Cc1ccccc1. The highest BCUT2D eigenvalue weighted by Crippen LogP contribution is 2.26. The van der Waals surface area contributed by atoms with Crippen molar-refractivity contribution in [3.63, 3.8) is 0 Å². The first-order chi connectivity index (χ1) is 10.5. The minimum Gasteiger partial charge on any atom is -0.394 e. The summed E-state index contributed by atoms with van der Waals surface area (Å²) < 4.78 is 0. The largest absolute Gasteiger partial charge is 0.394 e. The molecule has 7 nitrogen and oxygen atoms in total. The van der Waals surface area contributed by atoms with E-state index >= 15 is 0 Å². The molecule has 0 spiro atoms. The van der Waals surface area contributed by atoms with Crippen LogP contribution in [0.2, 0.25) is 0 Å². The van der Waals surface area contributed by atoms with Gasteiger partial charge in [0.1, 0.15) is 18.3 Å². The molecule has 1 aliphatic rings. The van der Waals surface area contributed by atoms with Gasteiger partial charge in [-0.25, -0.2) is 0 Å². The molecule has 0 aliphatic carbocycles. The Morgan fingerprint density at radius 3 is 2.32 bits per heavy atom. The zero-order valence-corrected chi connectivity index (χ0v) is 12.1. The number of β-amino-alcohol motifs (C(OH)–C–C–N with tert-alkyl or cyclic N) is 1. The molecule has 2 rings (SSSR count). The van der Waals surface area contributed by atoms with Gasteiger partial charge < -0.3 is 30.6 Å². The average Bonchev–Trinajstić information content (AvgIpc) is 2.80. The van der Waals surface area contributed by atoms with Crippen LogP contribution in [0.1, 0.15) is 5.56 Å². The van der Waals surface area contributed by atoms with Gasteiger partial charge in [0.15, 0.2) is 0 Å². The molecule has 6 N–H and O–H groups in total. The van der Waals surface area contributed by atoms with Crippen molar-refractivity contribution in [1.82, 2.24) is 4.90 Å². The third-order valence-corrected chi connectivity index (χ3v) is 4.10. The van der Waals surface area contributed by atoms with Gasteiger partial charge in [0.25, 0.3) is 0 Å². The second kappa shape index (κ2) is 7.47. The molecule has 0 saturated carbocycles. The Hall–Kier alpha value is -1.06. The number of aliphatic hydroxyl groups excluding tert-OH is 6. The maximum Gasteiger partial charge on any atom is 0.110 e. The third kappa shape index (κ3) is 3.64. The van der Waals surface area contributed by atoms with Crippen LogP contribution in [0.25, 0.3) is 0 Å². The standard InChI is InChI=1S/C15H23NO6/c17-8-11(19)14(21)15(22)12-13(20)10(18)7-16(12)6-9-4-2-1-3-5-9/h1-5,10-15,17-22H,6-8H2/t10-,11+,12?,13?,14-,15+/m0/s1. The number of nitrogens with zero attached hydrogens (tertiary/aromatic N) is 1. The summed E-state index contributed by atoms with van der Waals surface area (Å²) in [4.78, 5) is 1.66. The number of rotatable bonds is 6. The van der Waals surface area contributed by atoms with Crippen molar-refractivity contribution >= 4 is 0 Å². The molecule has 1 fully saturated rings. The van der Waals surface area contributed by atoms with Crippen molar-refractivity contribution in [1.29, 1.82) is 0 Å². The van der Waals surface area contributed by atoms with Gasteiger partial charge in [-0.3, -0.25) is 4.90 Å². The molecule has 1 aromatic rings.